The SMILES string of the molecule is Cc1nnc(N(C)C2CCC(C)CC2)c(C(=O)O)c1C. The van der Waals surface area contributed by atoms with E-state index in [1.54, 1.807) is 13.8 Å². The first-order chi connectivity index (χ1) is 9.41. The first kappa shape index (κ1) is 14.8. The molecule has 1 fully saturated rings. The van der Waals surface area contributed by atoms with Gasteiger partial charge in [-0.1, -0.05) is 6.92 Å². The predicted molar refractivity (Wildman–Crippen MR) is 78.3 cm³/mol. The molecule has 20 heavy (non-hydrogen) atoms. The van der Waals surface area contributed by atoms with Crippen molar-refractivity contribution < 1.29 is 9.90 Å². The van der Waals surface area contributed by atoms with E-state index in [-0.39, 0.29) is 0 Å². The minimum atomic E-state index is -0.925. The molecule has 0 aliphatic heterocycles. The van der Waals surface area contributed by atoms with Crippen LogP contribution in [0.15, 0.2) is 0 Å². The highest BCUT2D eigenvalue weighted by atomic mass is 16.4. The Morgan fingerprint density at radius 1 is 1.20 bits per heavy atom. The van der Waals surface area contributed by atoms with Gasteiger partial charge >= 0.3 is 5.97 Å². The molecule has 1 aromatic heterocycles. The lowest BCUT2D eigenvalue weighted by molar-refractivity contribution is 0.0696. The Morgan fingerprint density at radius 3 is 2.35 bits per heavy atom. The van der Waals surface area contributed by atoms with Crippen LogP contribution in [0.4, 0.5) is 5.82 Å². The number of anilines is 1. The molecule has 0 spiro atoms. The van der Waals surface area contributed by atoms with Crippen molar-refractivity contribution in [3.8, 4) is 0 Å². The minimum Gasteiger partial charge on any atom is -0.478 e. The molecular weight excluding hydrogens is 254 g/mol. The average Bonchev–Trinajstić information content (AvgIpc) is 2.41. The molecule has 1 aliphatic carbocycles. The molecule has 0 amide bonds. The number of aromatic carboxylic acids is 1. The molecule has 1 aromatic rings. The van der Waals surface area contributed by atoms with Crippen LogP contribution < -0.4 is 4.90 Å². The van der Waals surface area contributed by atoms with Crippen LogP contribution in [0.3, 0.4) is 0 Å². The highest BCUT2D eigenvalue weighted by molar-refractivity contribution is 5.95. The molecule has 0 bridgehead atoms. The van der Waals surface area contributed by atoms with Crippen molar-refractivity contribution in [3.05, 3.63) is 16.8 Å². The van der Waals surface area contributed by atoms with Crippen molar-refractivity contribution in [2.45, 2.75) is 52.5 Å². The van der Waals surface area contributed by atoms with E-state index >= 15 is 0 Å². The highest BCUT2D eigenvalue weighted by Crippen LogP contribution is 2.30. The number of aromatic nitrogens is 2. The summed E-state index contributed by atoms with van der Waals surface area (Å²) in [5.41, 5.74) is 1.67. The second-order valence-corrected chi connectivity index (χ2v) is 5.94. The molecule has 0 saturated heterocycles. The van der Waals surface area contributed by atoms with Gasteiger partial charge in [-0.05, 0) is 51.0 Å². The van der Waals surface area contributed by atoms with Crippen molar-refractivity contribution in [1.82, 2.24) is 10.2 Å². The second kappa shape index (κ2) is 5.77. The first-order valence-corrected chi connectivity index (χ1v) is 7.21. The summed E-state index contributed by atoms with van der Waals surface area (Å²) in [6.45, 7) is 5.86. The van der Waals surface area contributed by atoms with E-state index in [9.17, 15) is 9.90 Å². The van der Waals surface area contributed by atoms with Crippen molar-refractivity contribution in [1.29, 1.82) is 0 Å². The molecule has 5 heteroatoms. The van der Waals surface area contributed by atoms with Crippen LogP contribution in [0.2, 0.25) is 0 Å². The van der Waals surface area contributed by atoms with Crippen LogP contribution in [0, 0.1) is 19.8 Å². The molecule has 1 aliphatic rings. The number of rotatable bonds is 3. The van der Waals surface area contributed by atoms with Crippen LogP contribution in [0.5, 0.6) is 0 Å². The van der Waals surface area contributed by atoms with Crippen molar-refractivity contribution in [2.75, 3.05) is 11.9 Å². The molecule has 0 atom stereocenters. The number of carboxylic acid groups (broad SMARTS) is 1. The monoisotopic (exact) mass is 277 g/mol. The summed E-state index contributed by atoms with van der Waals surface area (Å²) >= 11 is 0. The Bertz CT molecular complexity index is 508. The van der Waals surface area contributed by atoms with E-state index in [0.29, 0.717) is 28.7 Å². The van der Waals surface area contributed by atoms with Crippen LogP contribution in [-0.2, 0) is 0 Å². The van der Waals surface area contributed by atoms with Gasteiger partial charge in [-0.3, -0.25) is 0 Å². The Kier molecular flexibility index (Phi) is 4.26. The molecule has 0 aromatic carbocycles. The summed E-state index contributed by atoms with van der Waals surface area (Å²) in [5, 5.41) is 17.7. The molecule has 5 nitrogen and oxygen atoms in total. The maximum Gasteiger partial charge on any atom is 0.339 e. The summed E-state index contributed by atoms with van der Waals surface area (Å²) in [5.74, 6) is 0.344. The van der Waals surface area contributed by atoms with E-state index in [1.807, 2.05) is 11.9 Å². The molecule has 110 valence electrons. The van der Waals surface area contributed by atoms with Crippen molar-refractivity contribution in [2.24, 2.45) is 5.92 Å². The lowest BCUT2D eigenvalue weighted by atomic mass is 9.86. The lowest BCUT2D eigenvalue weighted by Crippen LogP contribution is -2.36. The predicted octanol–water partition coefficient (Wildman–Crippen LogP) is 2.81. The van der Waals surface area contributed by atoms with Gasteiger partial charge in [-0.25, -0.2) is 4.79 Å². The smallest absolute Gasteiger partial charge is 0.339 e. The number of nitrogens with zero attached hydrogens (tertiary/aromatic N) is 3. The van der Waals surface area contributed by atoms with Crippen LogP contribution >= 0.6 is 0 Å². The molecule has 1 saturated carbocycles. The largest absolute Gasteiger partial charge is 0.478 e. The fourth-order valence-electron chi connectivity index (χ4n) is 2.90. The Hall–Kier alpha value is -1.65. The molecular formula is C15H23N3O2. The van der Waals surface area contributed by atoms with Gasteiger partial charge in [-0.15, -0.1) is 5.10 Å². The number of carboxylic acids is 1. The summed E-state index contributed by atoms with van der Waals surface area (Å²) in [4.78, 5) is 13.5. The number of hydrogen-bond acceptors (Lipinski definition) is 4. The maximum atomic E-state index is 11.5. The van der Waals surface area contributed by atoms with E-state index in [1.165, 1.54) is 12.8 Å². The zero-order valence-corrected chi connectivity index (χ0v) is 12.7. The van der Waals surface area contributed by atoms with E-state index in [2.05, 4.69) is 17.1 Å². The molecule has 0 unspecified atom stereocenters. The second-order valence-electron chi connectivity index (χ2n) is 5.94. The van der Waals surface area contributed by atoms with Gasteiger partial charge in [0.05, 0.1) is 5.69 Å². The summed E-state index contributed by atoms with van der Waals surface area (Å²) in [6.07, 6.45) is 4.56. The van der Waals surface area contributed by atoms with Crippen LogP contribution in [-0.4, -0.2) is 34.4 Å². The third kappa shape index (κ3) is 2.76. The Morgan fingerprint density at radius 2 is 1.80 bits per heavy atom. The van der Waals surface area contributed by atoms with Gasteiger partial charge in [0, 0.05) is 13.1 Å². The van der Waals surface area contributed by atoms with Gasteiger partial charge in [0.1, 0.15) is 5.56 Å². The fourth-order valence-corrected chi connectivity index (χ4v) is 2.90. The molecule has 2 rings (SSSR count). The zero-order chi connectivity index (χ0) is 14.9. The standard InChI is InChI=1S/C15H23N3O2/c1-9-5-7-12(8-6-9)18(4)14-13(15(19)20)10(2)11(3)16-17-14/h9,12H,5-8H2,1-4H3,(H,19,20). The fraction of sp³-hybridized carbons (Fsp3) is 0.667. The number of hydrogen-bond donors (Lipinski definition) is 1. The van der Waals surface area contributed by atoms with Crippen LogP contribution in [0.25, 0.3) is 0 Å². The van der Waals surface area contributed by atoms with Crippen molar-refractivity contribution in [3.63, 3.8) is 0 Å². The molecule has 1 heterocycles. The van der Waals surface area contributed by atoms with Gasteiger partial charge in [0.2, 0.25) is 0 Å². The summed E-state index contributed by atoms with van der Waals surface area (Å²) in [7, 11) is 1.94. The van der Waals surface area contributed by atoms with Gasteiger partial charge in [0.25, 0.3) is 0 Å². The first-order valence-electron chi connectivity index (χ1n) is 7.21. The average molecular weight is 277 g/mol. The minimum absolute atomic E-state index is 0.290. The molecule has 1 N–H and O–H groups in total. The Balaban J connectivity index is 2.32. The lowest BCUT2D eigenvalue weighted by Gasteiger charge is -2.34. The Labute approximate surface area is 120 Å². The van der Waals surface area contributed by atoms with Crippen LogP contribution in [0.1, 0.15) is 54.2 Å². The number of carbonyl (C=O) groups is 1. The maximum absolute atomic E-state index is 11.5. The van der Waals surface area contributed by atoms with Gasteiger partial charge < -0.3 is 10.0 Å². The van der Waals surface area contributed by atoms with E-state index in [0.717, 1.165) is 18.8 Å². The van der Waals surface area contributed by atoms with E-state index < -0.39 is 5.97 Å². The summed E-state index contributed by atoms with van der Waals surface area (Å²) < 4.78 is 0. The topological polar surface area (TPSA) is 66.3 Å². The van der Waals surface area contributed by atoms with Gasteiger partial charge in [0.15, 0.2) is 5.82 Å². The quantitative estimate of drug-likeness (QED) is 0.920. The zero-order valence-electron chi connectivity index (χ0n) is 12.7. The van der Waals surface area contributed by atoms with Crippen molar-refractivity contribution >= 4 is 11.8 Å². The molecule has 0 radical (unpaired) electrons. The van der Waals surface area contributed by atoms with E-state index in [4.69, 9.17) is 0 Å². The highest BCUT2D eigenvalue weighted by Gasteiger charge is 2.27. The summed E-state index contributed by atoms with van der Waals surface area (Å²) in [6, 6.07) is 0.362. The third-order valence-electron chi connectivity index (χ3n) is 4.52. The normalized spacial score (nSPS) is 22.6. The third-order valence-corrected chi connectivity index (χ3v) is 4.52. The van der Waals surface area contributed by atoms with Gasteiger partial charge in [-0.2, -0.15) is 5.10 Å². The number of aryl methyl sites for hydroxylation is 1.